The van der Waals surface area contributed by atoms with Gasteiger partial charge in [-0.25, -0.2) is 0 Å². The van der Waals surface area contributed by atoms with Gasteiger partial charge in [0.1, 0.15) is 0 Å². The Kier molecular flexibility index (Phi) is 6.52. The summed E-state index contributed by atoms with van der Waals surface area (Å²) in [6, 6.07) is 21.2. The van der Waals surface area contributed by atoms with Crippen molar-refractivity contribution in [3.05, 3.63) is 94.2 Å². The van der Waals surface area contributed by atoms with Gasteiger partial charge in [-0.2, -0.15) is 0 Å². The van der Waals surface area contributed by atoms with Crippen molar-refractivity contribution in [1.29, 1.82) is 0 Å². The van der Waals surface area contributed by atoms with Gasteiger partial charge in [0.25, 0.3) is 5.91 Å². The fourth-order valence-corrected chi connectivity index (χ4v) is 2.84. The Morgan fingerprint density at radius 2 is 1.62 bits per heavy atom. The van der Waals surface area contributed by atoms with E-state index in [4.69, 9.17) is 0 Å². The van der Waals surface area contributed by atoms with E-state index in [-0.39, 0.29) is 5.91 Å². The van der Waals surface area contributed by atoms with E-state index in [9.17, 15) is 4.79 Å². The predicted octanol–water partition coefficient (Wildman–Crippen LogP) is 5.95. The number of amides is 1. The van der Waals surface area contributed by atoms with Crippen molar-refractivity contribution in [1.82, 2.24) is 0 Å². The Morgan fingerprint density at radius 1 is 0.958 bits per heavy atom. The summed E-state index contributed by atoms with van der Waals surface area (Å²) in [5.74, 6) is -0.0655. The minimum absolute atomic E-state index is 0.0655. The second-order valence-electron chi connectivity index (χ2n) is 5.29. The van der Waals surface area contributed by atoms with Crippen molar-refractivity contribution in [2.45, 2.75) is 13.8 Å². The zero-order chi connectivity index (χ0) is 17.4. The van der Waals surface area contributed by atoms with Gasteiger partial charge in [0.15, 0.2) is 0 Å². The van der Waals surface area contributed by atoms with Crippen molar-refractivity contribution >= 4 is 29.0 Å². The first-order valence-electron chi connectivity index (χ1n) is 7.71. The van der Waals surface area contributed by atoms with Crippen LogP contribution in [0.2, 0.25) is 0 Å². The van der Waals surface area contributed by atoms with E-state index in [2.05, 4.69) is 31.0 Å². The molecule has 0 fully saturated rings. The highest BCUT2D eigenvalue weighted by Crippen LogP contribution is 2.15. The van der Waals surface area contributed by atoms with Crippen LogP contribution in [0.1, 0.15) is 25.7 Å². The molecule has 0 saturated heterocycles. The van der Waals surface area contributed by atoms with E-state index in [1.807, 2.05) is 67.6 Å². The van der Waals surface area contributed by atoms with Crippen LogP contribution in [0.15, 0.2) is 73.3 Å². The van der Waals surface area contributed by atoms with E-state index in [0.29, 0.717) is 5.56 Å². The summed E-state index contributed by atoms with van der Waals surface area (Å²) < 4.78 is 0. The van der Waals surface area contributed by atoms with E-state index in [1.54, 1.807) is 11.3 Å². The minimum atomic E-state index is -0.0655. The van der Waals surface area contributed by atoms with Crippen LogP contribution >= 0.6 is 11.3 Å². The topological polar surface area (TPSA) is 29.1 Å². The maximum absolute atomic E-state index is 11.9. The van der Waals surface area contributed by atoms with Gasteiger partial charge in [0.05, 0.1) is 0 Å². The predicted molar refractivity (Wildman–Crippen MR) is 105 cm³/mol. The number of thiophene rings is 1. The fraction of sp³-hybridized carbons (Fsp3) is 0.0952. The molecular weight excluding hydrogens is 314 g/mol. The van der Waals surface area contributed by atoms with E-state index < -0.39 is 0 Å². The average molecular weight is 335 g/mol. The molecule has 3 rings (SSSR count). The number of carbonyl (C=O) groups excluding carboxylic acids is 1. The van der Waals surface area contributed by atoms with Crippen LogP contribution in [0.3, 0.4) is 0 Å². The lowest BCUT2D eigenvalue weighted by Crippen LogP contribution is -2.12. The lowest BCUT2D eigenvalue weighted by Gasteiger charge is -2.06. The molecule has 0 atom stereocenters. The molecule has 1 aromatic heterocycles. The van der Waals surface area contributed by atoms with Gasteiger partial charge in [-0.3, -0.25) is 4.79 Å². The maximum Gasteiger partial charge on any atom is 0.255 e. The summed E-state index contributed by atoms with van der Waals surface area (Å²) in [5, 5.41) is 2.86. The number of anilines is 1. The van der Waals surface area contributed by atoms with Gasteiger partial charge in [0.2, 0.25) is 0 Å². The summed E-state index contributed by atoms with van der Waals surface area (Å²) in [6.45, 7) is 7.68. The largest absolute Gasteiger partial charge is 0.322 e. The molecular formula is C21H21NOS. The molecule has 1 heterocycles. The Morgan fingerprint density at radius 3 is 2.17 bits per heavy atom. The first-order valence-corrected chi connectivity index (χ1v) is 8.52. The molecule has 24 heavy (non-hydrogen) atoms. The molecule has 1 amide bonds. The first kappa shape index (κ1) is 17.7. The number of benzene rings is 2. The summed E-state index contributed by atoms with van der Waals surface area (Å²) in [7, 11) is 0. The second kappa shape index (κ2) is 8.85. The molecule has 0 aliphatic rings. The highest BCUT2D eigenvalue weighted by Gasteiger charge is 2.07. The standard InChI is InChI=1S/C14H13NO.C7H8S/c1-11-7-5-6-10-13(11)14(16)15-12-8-3-2-4-9-12;1-3-7-5-4-6(2)8-7/h2-10H,1H3,(H,15,16);3-5H,1H2,2H3. The number of hydrogen-bond donors (Lipinski definition) is 1. The second-order valence-corrected chi connectivity index (χ2v) is 6.61. The minimum Gasteiger partial charge on any atom is -0.322 e. The molecule has 0 aliphatic carbocycles. The van der Waals surface area contributed by atoms with E-state index in [1.165, 1.54) is 9.75 Å². The SMILES string of the molecule is C=Cc1ccc(C)s1.Cc1ccccc1C(=O)Nc1ccccc1. The van der Waals surface area contributed by atoms with Gasteiger partial charge in [-0.1, -0.05) is 49.1 Å². The highest BCUT2D eigenvalue weighted by atomic mass is 32.1. The fourth-order valence-electron chi connectivity index (χ4n) is 2.11. The average Bonchev–Trinajstić information content (AvgIpc) is 3.02. The normalized spacial score (nSPS) is 9.58. The van der Waals surface area contributed by atoms with Gasteiger partial charge < -0.3 is 5.32 Å². The number of hydrogen-bond acceptors (Lipinski definition) is 2. The molecule has 0 unspecified atom stereocenters. The van der Waals surface area contributed by atoms with E-state index >= 15 is 0 Å². The number of rotatable bonds is 3. The van der Waals surface area contributed by atoms with Crippen LogP contribution in [0.25, 0.3) is 6.08 Å². The van der Waals surface area contributed by atoms with Crippen molar-refractivity contribution in [3.63, 3.8) is 0 Å². The molecule has 3 heteroatoms. The third kappa shape index (κ3) is 5.21. The molecule has 0 saturated carbocycles. The van der Waals surface area contributed by atoms with E-state index in [0.717, 1.165) is 11.3 Å². The van der Waals surface area contributed by atoms with Crippen LogP contribution in [0, 0.1) is 13.8 Å². The van der Waals surface area contributed by atoms with Crippen LogP contribution < -0.4 is 5.32 Å². The van der Waals surface area contributed by atoms with Crippen LogP contribution in [-0.2, 0) is 0 Å². The van der Waals surface area contributed by atoms with Gasteiger partial charge >= 0.3 is 0 Å². The smallest absolute Gasteiger partial charge is 0.255 e. The lowest BCUT2D eigenvalue weighted by molar-refractivity contribution is 0.102. The summed E-state index contributed by atoms with van der Waals surface area (Å²) >= 11 is 1.77. The van der Waals surface area contributed by atoms with Gasteiger partial charge in [0, 0.05) is 21.0 Å². The quantitative estimate of drug-likeness (QED) is 0.630. The molecule has 0 radical (unpaired) electrons. The maximum atomic E-state index is 11.9. The molecule has 2 aromatic carbocycles. The summed E-state index contributed by atoms with van der Waals surface area (Å²) in [5.41, 5.74) is 2.51. The number of nitrogens with one attached hydrogen (secondary N) is 1. The highest BCUT2D eigenvalue weighted by molar-refractivity contribution is 7.12. The molecule has 122 valence electrons. The van der Waals surface area contributed by atoms with Gasteiger partial charge in [-0.05, 0) is 49.7 Å². The third-order valence-electron chi connectivity index (χ3n) is 3.38. The first-order chi connectivity index (χ1) is 11.6. The van der Waals surface area contributed by atoms with Crippen LogP contribution in [0.5, 0.6) is 0 Å². The molecule has 0 aliphatic heterocycles. The molecule has 3 aromatic rings. The molecule has 2 nitrogen and oxygen atoms in total. The Balaban J connectivity index is 0.000000219. The lowest BCUT2D eigenvalue weighted by atomic mass is 10.1. The summed E-state index contributed by atoms with van der Waals surface area (Å²) in [4.78, 5) is 14.5. The van der Waals surface area contributed by atoms with Crippen molar-refractivity contribution in [3.8, 4) is 0 Å². The molecule has 1 N–H and O–H groups in total. The zero-order valence-electron chi connectivity index (χ0n) is 14.0. The number of carbonyl (C=O) groups is 1. The van der Waals surface area contributed by atoms with Crippen molar-refractivity contribution < 1.29 is 4.79 Å². The van der Waals surface area contributed by atoms with Gasteiger partial charge in [-0.15, -0.1) is 11.3 Å². The Bertz CT molecular complexity index is 805. The number of aryl methyl sites for hydroxylation is 2. The third-order valence-corrected chi connectivity index (χ3v) is 4.38. The zero-order valence-corrected chi connectivity index (χ0v) is 14.8. The van der Waals surface area contributed by atoms with Crippen LogP contribution in [0.4, 0.5) is 5.69 Å². The molecule has 0 spiro atoms. The van der Waals surface area contributed by atoms with Crippen molar-refractivity contribution in [2.24, 2.45) is 0 Å². The number of para-hydroxylation sites is 1. The Hall–Kier alpha value is -2.65. The molecule has 0 bridgehead atoms. The Labute approximate surface area is 147 Å². The monoisotopic (exact) mass is 335 g/mol. The van der Waals surface area contributed by atoms with Crippen LogP contribution in [-0.4, -0.2) is 5.91 Å². The summed E-state index contributed by atoms with van der Waals surface area (Å²) in [6.07, 6.45) is 1.87. The van der Waals surface area contributed by atoms with Crippen molar-refractivity contribution in [2.75, 3.05) is 5.32 Å².